The van der Waals surface area contributed by atoms with E-state index >= 15 is 0 Å². The summed E-state index contributed by atoms with van der Waals surface area (Å²) in [7, 11) is 0. The van der Waals surface area contributed by atoms with Crippen molar-refractivity contribution in [3.63, 3.8) is 0 Å². The van der Waals surface area contributed by atoms with Gasteiger partial charge in [-0.25, -0.2) is 0 Å². The fraction of sp³-hybridized carbons (Fsp3) is 0.533. The van der Waals surface area contributed by atoms with E-state index < -0.39 is 12.0 Å². The summed E-state index contributed by atoms with van der Waals surface area (Å²) >= 11 is 7.65. The second-order valence-electron chi connectivity index (χ2n) is 4.65. The van der Waals surface area contributed by atoms with E-state index in [0.29, 0.717) is 24.6 Å². The molecule has 0 aromatic heterocycles. The van der Waals surface area contributed by atoms with E-state index in [4.69, 9.17) is 16.3 Å². The molecule has 21 heavy (non-hydrogen) atoms. The van der Waals surface area contributed by atoms with E-state index in [1.165, 1.54) is 0 Å². The van der Waals surface area contributed by atoms with Crippen molar-refractivity contribution in [3.05, 3.63) is 28.8 Å². The minimum absolute atomic E-state index is 0.422. The summed E-state index contributed by atoms with van der Waals surface area (Å²) in [5, 5.41) is 12.9. The SMILES string of the molecule is CCCOc1ccc(Cl)cc1CNC(CCSC)C(=O)O. The van der Waals surface area contributed by atoms with Crippen LogP contribution in [0, 0.1) is 0 Å². The highest BCUT2D eigenvalue weighted by Crippen LogP contribution is 2.23. The molecule has 0 saturated heterocycles. The molecule has 1 rings (SSSR count). The molecule has 1 unspecified atom stereocenters. The number of ether oxygens (including phenoxy) is 1. The lowest BCUT2D eigenvalue weighted by Gasteiger charge is -2.16. The Hall–Kier alpha value is -0.910. The lowest BCUT2D eigenvalue weighted by atomic mass is 10.1. The van der Waals surface area contributed by atoms with E-state index in [9.17, 15) is 9.90 Å². The van der Waals surface area contributed by atoms with Gasteiger partial charge < -0.3 is 15.2 Å². The molecule has 2 N–H and O–H groups in total. The van der Waals surface area contributed by atoms with Gasteiger partial charge in [-0.3, -0.25) is 4.79 Å². The third-order valence-electron chi connectivity index (χ3n) is 2.93. The Labute approximate surface area is 135 Å². The van der Waals surface area contributed by atoms with Crippen molar-refractivity contribution in [3.8, 4) is 5.75 Å². The molecule has 1 aromatic carbocycles. The molecular weight excluding hydrogens is 310 g/mol. The molecule has 0 heterocycles. The molecule has 118 valence electrons. The highest BCUT2D eigenvalue weighted by Gasteiger charge is 2.17. The van der Waals surface area contributed by atoms with Gasteiger partial charge in [-0.2, -0.15) is 11.8 Å². The van der Waals surface area contributed by atoms with Crippen LogP contribution in [0.25, 0.3) is 0 Å². The number of aliphatic carboxylic acids is 1. The summed E-state index contributed by atoms with van der Waals surface area (Å²) < 4.78 is 5.67. The van der Waals surface area contributed by atoms with Gasteiger partial charge in [-0.1, -0.05) is 18.5 Å². The van der Waals surface area contributed by atoms with E-state index in [2.05, 4.69) is 5.32 Å². The number of hydrogen-bond acceptors (Lipinski definition) is 4. The van der Waals surface area contributed by atoms with Crippen LogP contribution in [0.3, 0.4) is 0 Å². The van der Waals surface area contributed by atoms with Crippen molar-refractivity contribution in [1.82, 2.24) is 5.32 Å². The zero-order chi connectivity index (χ0) is 15.7. The largest absolute Gasteiger partial charge is 0.493 e. The Bertz CT molecular complexity index is 457. The van der Waals surface area contributed by atoms with E-state index in [1.54, 1.807) is 17.8 Å². The lowest BCUT2D eigenvalue weighted by molar-refractivity contribution is -0.139. The summed E-state index contributed by atoms with van der Waals surface area (Å²) in [6.07, 6.45) is 3.47. The molecule has 0 bridgehead atoms. The Morgan fingerprint density at radius 1 is 1.52 bits per heavy atom. The van der Waals surface area contributed by atoms with Gasteiger partial charge in [-0.05, 0) is 43.0 Å². The minimum Gasteiger partial charge on any atom is -0.493 e. The number of thioether (sulfide) groups is 1. The third-order valence-corrected chi connectivity index (χ3v) is 3.81. The first-order chi connectivity index (χ1) is 10.1. The average Bonchev–Trinajstić information content (AvgIpc) is 2.46. The van der Waals surface area contributed by atoms with Crippen molar-refractivity contribution in [1.29, 1.82) is 0 Å². The molecule has 4 nitrogen and oxygen atoms in total. The average molecular weight is 332 g/mol. The molecule has 6 heteroatoms. The monoisotopic (exact) mass is 331 g/mol. The first-order valence-electron chi connectivity index (χ1n) is 6.94. The van der Waals surface area contributed by atoms with E-state index in [0.717, 1.165) is 23.5 Å². The van der Waals surface area contributed by atoms with Crippen LogP contribution < -0.4 is 10.1 Å². The summed E-state index contributed by atoms with van der Waals surface area (Å²) in [5.41, 5.74) is 0.881. The quantitative estimate of drug-likeness (QED) is 0.688. The number of carboxylic acids is 1. The van der Waals surface area contributed by atoms with E-state index in [1.807, 2.05) is 25.3 Å². The maximum Gasteiger partial charge on any atom is 0.320 e. The maximum absolute atomic E-state index is 11.2. The smallest absolute Gasteiger partial charge is 0.320 e. The van der Waals surface area contributed by atoms with Gasteiger partial charge in [0.05, 0.1) is 6.61 Å². The van der Waals surface area contributed by atoms with Crippen molar-refractivity contribution in [2.75, 3.05) is 18.6 Å². The summed E-state index contributed by atoms with van der Waals surface area (Å²) in [5.74, 6) is 0.725. The van der Waals surface area contributed by atoms with Gasteiger partial charge in [0, 0.05) is 17.1 Å². The summed E-state index contributed by atoms with van der Waals surface area (Å²) in [6, 6.07) is 4.86. The number of carbonyl (C=O) groups is 1. The topological polar surface area (TPSA) is 58.6 Å². The normalized spacial score (nSPS) is 12.1. The molecule has 0 spiro atoms. The van der Waals surface area contributed by atoms with Crippen LogP contribution in [0.15, 0.2) is 18.2 Å². The van der Waals surface area contributed by atoms with Gasteiger partial charge in [0.2, 0.25) is 0 Å². The van der Waals surface area contributed by atoms with Gasteiger partial charge in [0.15, 0.2) is 0 Å². The maximum atomic E-state index is 11.2. The molecule has 1 aromatic rings. The Morgan fingerprint density at radius 2 is 2.29 bits per heavy atom. The van der Waals surface area contributed by atoms with Crippen LogP contribution in [-0.4, -0.2) is 35.7 Å². The standard InChI is InChI=1S/C15H22ClNO3S/c1-3-7-20-14-5-4-12(16)9-11(14)10-17-13(15(18)19)6-8-21-2/h4-5,9,13,17H,3,6-8,10H2,1-2H3,(H,18,19). The number of nitrogens with one attached hydrogen (secondary N) is 1. The Balaban J connectivity index is 2.70. The fourth-order valence-corrected chi connectivity index (χ4v) is 2.49. The molecule has 0 saturated carbocycles. The molecule has 0 aliphatic carbocycles. The molecule has 0 aliphatic rings. The van der Waals surface area contributed by atoms with Gasteiger partial charge >= 0.3 is 5.97 Å². The highest BCUT2D eigenvalue weighted by molar-refractivity contribution is 7.98. The number of hydrogen-bond donors (Lipinski definition) is 2. The van der Waals surface area contributed by atoms with Crippen molar-refractivity contribution >= 4 is 29.3 Å². The second kappa shape index (κ2) is 9.92. The minimum atomic E-state index is -0.831. The summed E-state index contributed by atoms with van der Waals surface area (Å²) in [4.78, 5) is 11.2. The fourth-order valence-electron chi connectivity index (χ4n) is 1.82. The zero-order valence-electron chi connectivity index (χ0n) is 12.4. The van der Waals surface area contributed by atoms with Gasteiger partial charge in [-0.15, -0.1) is 0 Å². The Kier molecular flexibility index (Phi) is 8.57. The second-order valence-corrected chi connectivity index (χ2v) is 6.08. The first kappa shape index (κ1) is 18.1. The van der Waals surface area contributed by atoms with E-state index in [-0.39, 0.29) is 0 Å². The molecule has 0 aliphatic heterocycles. The lowest BCUT2D eigenvalue weighted by Crippen LogP contribution is -2.36. The zero-order valence-corrected chi connectivity index (χ0v) is 14.0. The molecule has 0 fully saturated rings. The van der Waals surface area contributed by atoms with Crippen LogP contribution >= 0.6 is 23.4 Å². The molecule has 0 radical (unpaired) electrons. The third kappa shape index (κ3) is 6.59. The van der Waals surface area contributed by atoms with Gasteiger partial charge in [0.1, 0.15) is 11.8 Å². The summed E-state index contributed by atoms with van der Waals surface area (Å²) in [6.45, 7) is 3.09. The number of halogens is 1. The van der Waals surface area contributed by atoms with Crippen LogP contribution in [0.4, 0.5) is 0 Å². The number of benzene rings is 1. The predicted octanol–water partition coefficient (Wildman–Crippen LogP) is 3.42. The molecule has 1 atom stereocenters. The number of rotatable bonds is 10. The Morgan fingerprint density at radius 3 is 2.90 bits per heavy atom. The predicted molar refractivity (Wildman–Crippen MR) is 88.5 cm³/mol. The number of carboxylic acid groups (broad SMARTS) is 1. The van der Waals surface area contributed by atoms with Crippen molar-refractivity contribution in [2.24, 2.45) is 0 Å². The van der Waals surface area contributed by atoms with Crippen molar-refractivity contribution < 1.29 is 14.6 Å². The van der Waals surface area contributed by atoms with Crippen molar-refractivity contribution in [2.45, 2.75) is 32.4 Å². The van der Waals surface area contributed by atoms with Crippen LogP contribution in [0.2, 0.25) is 5.02 Å². The van der Waals surface area contributed by atoms with Crippen LogP contribution in [-0.2, 0) is 11.3 Å². The molecule has 0 amide bonds. The molecular formula is C15H22ClNO3S. The van der Waals surface area contributed by atoms with Crippen LogP contribution in [0.5, 0.6) is 5.75 Å². The van der Waals surface area contributed by atoms with Gasteiger partial charge in [0.25, 0.3) is 0 Å². The first-order valence-corrected chi connectivity index (χ1v) is 8.72. The van der Waals surface area contributed by atoms with Crippen LogP contribution in [0.1, 0.15) is 25.3 Å². The highest BCUT2D eigenvalue weighted by atomic mass is 35.5.